The Morgan fingerprint density at radius 2 is 1.87 bits per heavy atom. The highest BCUT2D eigenvalue weighted by Crippen LogP contribution is 2.22. The molecule has 0 aromatic heterocycles. The molecule has 0 spiro atoms. The Hall–Kier alpha value is -0.730. The van der Waals surface area contributed by atoms with Crippen molar-refractivity contribution in [3.8, 4) is 0 Å². The van der Waals surface area contributed by atoms with E-state index in [1.54, 1.807) is 0 Å². The summed E-state index contributed by atoms with van der Waals surface area (Å²) in [6.07, 6.45) is 1.47. The molecule has 0 amide bonds. The van der Waals surface area contributed by atoms with Crippen LogP contribution in [0.25, 0.3) is 0 Å². The first-order chi connectivity index (χ1) is 7.11. The highest BCUT2D eigenvalue weighted by molar-refractivity contribution is 6.33. The van der Waals surface area contributed by atoms with Crippen LogP contribution in [0.4, 0.5) is 5.69 Å². The minimum atomic E-state index is -0.640. The zero-order valence-corrected chi connectivity index (χ0v) is 10.0. The lowest BCUT2D eigenvalue weighted by molar-refractivity contribution is 0.0457. The van der Waals surface area contributed by atoms with Crippen LogP contribution < -0.4 is 5.32 Å². The summed E-state index contributed by atoms with van der Waals surface area (Å²) in [7, 11) is 0. The largest absolute Gasteiger partial charge is 0.388 e. The molecule has 0 heterocycles. The van der Waals surface area contributed by atoms with Crippen LogP contribution in [-0.4, -0.2) is 17.3 Å². The molecular weight excluding hydrogens is 210 g/mol. The molecule has 0 atom stereocenters. The number of anilines is 1. The van der Waals surface area contributed by atoms with Gasteiger partial charge in [0.2, 0.25) is 0 Å². The molecule has 0 fully saturated rings. The van der Waals surface area contributed by atoms with Crippen LogP contribution in [0, 0.1) is 0 Å². The van der Waals surface area contributed by atoms with Crippen molar-refractivity contribution in [2.75, 3.05) is 11.9 Å². The second-order valence-corrected chi connectivity index (χ2v) is 4.17. The van der Waals surface area contributed by atoms with Crippen LogP contribution in [0.15, 0.2) is 24.3 Å². The van der Waals surface area contributed by atoms with E-state index in [1.807, 2.05) is 38.1 Å². The zero-order chi connectivity index (χ0) is 11.3. The fraction of sp³-hybridized carbons (Fsp3) is 0.500. The monoisotopic (exact) mass is 227 g/mol. The lowest BCUT2D eigenvalue weighted by atomic mass is 9.97. The number of benzene rings is 1. The molecule has 0 aliphatic rings. The number of rotatable bonds is 5. The number of aliphatic hydroxyl groups is 1. The van der Waals surface area contributed by atoms with Crippen LogP contribution in [0.5, 0.6) is 0 Å². The maximum absolute atomic E-state index is 10.1. The number of hydrogen-bond acceptors (Lipinski definition) is 2. The Kier molecular flexibility index (Phi) is 4.43. The quantitative estimate of drug-likeness (QED) is 0.809. The SMILES string of the molecule is CCC(O)(CC)CNc1ccccc1Cl. The predicted octanol–water partition coefficient (Wildman–Crippen LogP) is 3.30. The number of nitrogens with one attached hydrogen (secondary N) is 1. The number of para-hydroxylation sites is 1. The predicted molar refractivity (Wildman–Crippen MR) is 65.5 cm³/mol. The molecule has 15 heavy (non-hydrogen) atoms. The van der Waals surface area contributed by atoms with Gasteiger partial charge in [-0.3, -0.25) is 0 Å². The van der Waals surface area contributed by atoms with E-state index < -0.39 is 5.60 Å². The summed E-state index contributed by atoms with van der Waals surface area (Å²) in [5.74, 6) is 0. The second kappa shape index (κ2) is 5.38. The third kappa shape index (κ3) is 3.40. The summed E-state index contributed by atoms with van der Waals surface area (Å²) >= 11 is 6.00. The van der Waals surface area contributed by atoms with Crippen LogP contribution in [-0.2, 0) is 0 Å². The van der Waals surface area contributed by atoms with Crippen molar-refractivity contribution >= 4 is 17.3 Å². The van der Waals surface area contributed by atoms with E-state index in [0.717, 1.165) is 18.5 Å². The topological polar surface area (TPSA) is 32.3 Å². The van der Waals surface area contributed by atoms with Crippen molar-refractivity contribution in [2.45, 2.75) is 32.3 Å². The molecule has 1 rings (SSSR count). The van der Waals surface area contributed by atoms with E-state index in [-0.39, 0.29) is 0 Å². The summed E-state index contributed by atoms with van der Waals surface area (Å²) in [6.45, 7) is 4.50. The molecule has 1 aromatic carbocycles. The van der Waals surface area contributed by atoms with Gasteiger partial charge in [0, 0.05) is 6.54 Å². The van der Waals surface area contributed by atoms with Crippen LogP contribution >= 0.6 is 11.6 Å². The molecule has 0 saturated heterocycles. The molecule has 3 heteroatoms. The van der Waals surface area contributed by atoms with Gasteiger partial charge in [0.1, 0.15) is 0 Å². The van der Waals surface area contributed by atoms with E-state index in [2.05, 4.69) is 5.32 Å². The lowest BCUT2D eigenvalue weighted by Gasteiger charge is -2.26. The summed E-state index contributed by atoms with van der Waals surface area (Å²) in [5, 5.41) is 13.9. The first-order valence-corrected chi connectivity index (χ1v) is 5.70. The minimum Gasteiger partial charge on any atom is -0.388 e. The maximum Gasteiger partial charge on any atom is 0.0814 e. The van der Waals surface area contributed by atoms with Gasteiger partial charge in [-0.25, -0.2) is 0 Å². The second-order valence-electron chi connectivity index (χ2n) is 3.76. The minimum absolute atomic E-state index is 0.531. The summed E-state index contributed by atoms with van der Waals surface area (Å²) in [6, 6.07) is 7.55. The third-order valence-electron chi connectivity index (χ3n) is 2.80. The first kappa shape index (κ1) is 12.3. The van der Waals surface area contributed by atoms with E-state index in [9.17, 15) is 5.11 Å². The molecule has 0 unspecified atom stereocenters. The Labute approximate surface area is 96.3 Å². The van der Waals surface area contributed by atoms with Crippen molar-refractivity contribution in [2.24, 2.45) is 0 Å². The Morgan fingerprint density at radius 1 is 1.27 bits per heavy atom. The fourth-order valence-electron chi connectivity index (χ4n) is 1.36. The maximum atomic E-state index is 10.1. The van der Waals surface area contributed by atoms with Crippen LogP contribution in [0.2, 0.25) is 5.02 Å². The van der Waals surface area contributed by atoms with Crippen molar-refractivity contribution in [1.29, 1.82) is 0 Å². The smallest absolute Gasteiger partial charge is 0.0814 e. The molecule has 1 aromatic rings. The third-order valence-corrected chi connectivity index (χ3v) is 3.13. The summed E-state index contributed by atoms with van der Waals surface area (Å²) in [5.41, 5.74) is 0.235. The molecule has 2 nitrogen and oxygen atoms in total. The van der Waals surface area contributed by atoms with E-state index in [1.165, 1.54) is 0 Å². The summed E-state index contributed by atoms with van der Waals surface area (Å²) in [4.78, 5) is 0. The van der Waals surface area contributed by atoms with Gasteiger partial charge in [-0.1, -0.05) is 37.6 Å². The van der Waals surface area contributed by atoms with Gasteiger partial charge in [0.15, 0.2) is 0 Å². The van der Waals surface area contributed by atoms with Gasteiger partial charge in [0.05, 0.1) is 16.3 Å². The van der Waals surface area contributed by atoms with Crippen LogP contribution in [0.1, 0.15) is 26.7 Å². The van der Waals surface area contributed by atoms with Crippen molar-refractivity contribution in [1.82, 2.24) is 0 Å². The van der Waals surface area contributed by atoms with Crippen molar-refractivity contribution in [3.05, 3.63) is 29.3 Å². The number of hydrogen-bond donors (Lipinski definition) is 2. The zero-order valence-electron chi connectivity index (χ0n) is 9.26. The van der Waals surface area contributed by atoms with Gasteiger partial charge in [-0.2, -0.15) is 0 Å². The Balaban J connectivity index is 2.61. The molecular formula is C12H18ClNO. The Bertz CT molecular complexity index is 310. The van der Waals surface area contributed by atoms with E-state index in [0.29, 0.717) is 11.6 Å². The van der Waals surface area contributed by atoms with Crippen LogP contribution in [0.3, 0.4) is 0 Å². The normalized spacial score (nSPS) is 11.5. The fourth-order valence-corrected chi connectivity index (χ4v) is 1.57. The molecule has 84 valence electrons. The van der Waals surface area contributed by atoms with Crippen molar-refractivity contribution in [3.63, 3.8) is 0 Å². The molecule has 2 N–H and O–H groups in total. The van der Waals surface area contributed by atoms with E-state index in [4.69, 9.17) is 11.6 Å². The van der Waals surface area contributed by atoms with Gasteiger partial charge in [-0.15, -0.1) is 0 Å². The molecule has 0 aliphatic heterocycles. The molecule has 0 bridgehead atoms. The summed E-state index contributed by atoms with van der Waals surface area (Å²) < 4.78 is 0. The van der Waals surface area contributed by atoms with Gasteiger partial charge in [-0.05, 0) is 25.0 Å². The van der Waals surface area contributed by atoms with Gasteiger partial charge in [0.25, 0.3) is 0 Å². The highest BCUT2D eigenvalue weighted by atomic mass is 35.5. The molecule has 0 aliphatic carbocycles. The Morgan fingerprint density at radius 3 is 2.40 bits per heavy atom. The van der Waals surface area contributed by atoms with Gasteiger partial charge < -0.3 is 10.4 Å². The standard InChI is InChI=1S/C12H18ClNO/c1-3-12(15,4-2)9-14-11-8-6-5-7-10(11)13/h5-8,14-15H,3-4,9H2,1-2H3. The average molecular weight is 228 g/mol. The lowest BCUT2D eigenvalue weighted by Crippen LogP contribution is -2.35. The molecule has 0 saturated carbocycles. The average Bonchev–Trinajstić information content (AvgIpc) is 2.28. The first-order valence-electron chi connectivity index (χ1n) is 5.32. The van der Waals surface area contributed by atoms with Crippen molar-refractivity contribution < 1.29 is 5.11 Å². The van der Waals surface area contributed by atoms with E-state index >= 15 is 0 Å². The van der Waals surface area contributed by atoms with Gasteiger partial charge >= 0.3 is 0 Å². The number of halogens is 1. The highest BCUT2D eigenvalue weighted by Gasteiger charge is 2.21. The molecule has 0 radical (unpaired) electrons.